The Kier molecular flexibility index (Phi) is 6.84. The number of hydrogen-bond acceptors (Lipinski definition) is 5. The molecule has 3 nitrogen and oxygen atoms in total. The fourth-order valence-corrected chi connectivity index (χ4v) is 4.35. The molecule has 1 N–H and O–H groups in total. The number of nitrogens with zero attached hydrogens (tertiary/aromatic N) is 1. The second-order valence-corrected chi connectivity index (χ2v) is 8.04. The van der Waals surface area contributed by atoms with Crippen LogP contribution >= 0.6 is 23.1 Å². The summed E-state index contributed by atoms with van der Waals surface area (Å²) >= 11 is 3.76. The molecule has 1 aromatic rings. The molecule has 0 spiro atoms. The molecule has 0 aromatic carbocycles. The number of thiophene rings is 1. The lowest BCUT2D eigenvalue weighted by molar-refractivity contribution is 0.0108. The molecule has 2 rings (SSSR count). The number of hydrogen-bond donors (Lipinski definition) is 1. The minimum absolute atomic E-state index is 0.383. The number of aliphatic hydroxyl groups is 1. The van der Waals surface area contributed by atoms with E-state index in [-0.39, 0.29) is 6.10 Å². The molecule has 0 bridgehead atoms. The molecule has 0 saturated carbocycles. The zero-order valence-electron chi connectivity index (χ0n) is 12.3. The summed E-state index contributed by atoms with van der Waals surface area (Å²) in [5, 5.41) is 12.8. The largest absolute Gasteiger partial charge is 0.389 e. The molecule has 1 aromatic heterocycles. The maximum atomic E-state index is 10.1. The average molecular weight is 316 g/mol. The standard InChI is InChI=1S/C15H25NO2S2/c1-12(2)15-9-16(5-7-20-15)8-13(17)10-18-11-14-4-3-6-19-14/h3-4,6,12-13,15,17H,5,7-11H2,1-2H3. The van der Waals surface area contributed by atoms with Crippen molar-refractivity contribution in [3.8, 4) is 0 Å². The molecule has 0 radical (unpaired) electrons. The van der Waals surface area contributed by atoms with Gasteiger partial charge in [-0.15, -0.1) is 11.3 Å². The summed E-state index contributed by atoms with van der Waals surface area (Å²) in [5.74, 6) is 1.88. The van der Waals surface area contributed by atoms with E-state index in [1.54, 1.807) is 11.3 Å². The SMILES string of the molecule is CC(C)C1CN(CC(O)COCc2cccs2)CCS1. The molecule has 2 atom stereocenters. The Morgan fingerprint density at radius 3 is 3.05 bits per heavy atom. The highest BCUT2D eigenvalue weighted by molar-refractivity contribution is 8.00. The molecule has 1 saturated heterocycles. The maximum absolute atomic E-state index is 10.1. The van der Waals surface area contributed by atoms with Gasteiger partial charge in [-0.2, -0.15) is 11.8 Å². The minimum atomic E-state index is -0.383. The first-order valence-electron chi connectivity index (χ1n) is 7.27. The summed E-state index contributed by atoms with van der Waals surface area (Å²) in [6.07, 6.45) is -0.383. The lowest BCUT2D eigenvalue weighted by atomic mass is 10.1. The normalized spacial score (nSPS) is 22.3. The van der Waals surface area contributed by atoms with Crippen molar-refractivity contribution in [2.75, 3.05) is 32.0 Å². The van der Waals surface area contributed by atoms with Crippen LogP contribution < -0.4 is 0 Å². The molecule has 1 fully saturated rings. The number of thioether (sulfide) groups is 1. The van der Waals surface area contributed by atoms with Crippen LogP contribution in [0.3, 0.4) is 0 Å². The first kappa shape index (κ1) is 16.3. The van der Waals surface area contributed by atoms with Gasteiger partial charge < -0.3 is 9.84 Å². The van der Waals surface area contributed by atoms with E-state index in [9.17, 15) is 5.11 Å². The van der Waals surface area contributed by atoms with Gasteiger partial charge in [0.15, 0.2) is 0 Å². The van der Waals surface area contributed by atoms with E-state index in [1.165, 1.54) is 10.6 Å². The Hall–Kier alpha value is -0.0700. The molecule has 2 heterocycles. The summed E-state index contributed by atoms with van der Waals surface area (Å²) in [6, 6.07) is 4.09. The minimum Gasteiger partial charge on any atom is -0.389 e. The number of ether oxygens (including phenoxy) is 1. The van der Waals surface area contributed by atoms with Crippen LogP contribution in [-0.2, 0) is 11.3 Å². The van der Waals surface area contributed by atoms with Gasteiger partial charge in [-0.3, -0.25) is 4.90 Å². The van der Waals surface area contributed by atoms with Crippen molar-refractivity contribution in [3.63, 3.8) is 0 Å². The quantitative estimate of drug-likeness (QED) is 0.838. The van der Waals surface area contributed by atoms with E-state index in [0.717, 1.165) is 19.6 Å². The topological polar surface area (TPSA) is 32.7 Å². The molecular formula is C15H25NO2S2. The lowest BCUT2D eigenvalue weighted by Crippen LogP contribution is -2.44. The van der Waals surface area contributed by atoms with Gasteiger partial charge >= 0.3 is 0 Å². The molecule has 20 heavy (non-hydrogen) atoms. The van der Waals surface area contributed by atoms with E-state index in [1.807, 2.05) is 11.4 Å². The van der Waals surface area contributed by atoms with Crippen molar-refractivity contribution in [2.45, 2.75) is 31.8 Å². The number of rotatable bonds is 7. The molecule has 1 aliphatic heterocycles. The van der Waals surface area contributed by atoms with Crippen LogP contribution in [0.25, 0.3) is 0 Å². The Balaban J connectivity index is 1.64. The zero-order chi connectivity index (χ0) is 14.4. The first-order valence-corrected chi connectivity index (χ1v) is 9.20. The summed E-state index contributed by atoms with van der Waals surface area (Å²) in [7, 11) is 0. The van der Waals surface area contributed by atoms with Crippen LogP contribution in [0.5, 0.6) is 0 Å². The van der Waals surface area contributed by atoms with Crippen molar-refractivity contribution < 1.29 is 9.84 Å². The van der Waals surface area contributed by atoms with E-state index >= 15 is 0 Å². The Labute approximate surface area is 130 Å². The van der Waals surface area contributed by atoms with Gasteiger partial charge in [-0.05, 0) is 17.4 Å². The second kappa shape index (κ2) is 8.39. The Morgan fingerprint density at radius 1 is 1.50 bits per heavy atom. The monoisotopic (exact) mass is 315 g/mol. The molecule has 0 aliphatic carbocycles. The highest BCUT2D eigenvalue weighted by atomic mass is 32.2. The van der Waals surface area contributed by atoms with Crippen LogP contribution in [0.1, 0.15) is 18.7 Å². The molecule has 5 heteroatoms. The summed E-state index contributed by atoms with van der Waals surface area (Å²) in [4.78, 5) is 3.59. The summed E-state index contributed by atoms with van der Waals surface area (Å²) in [5.41, 5.74) is 0. The molecule has 114 valence electrons. The highest BCUT2D eigenvalue weighted by Gasteiger charge is 2.24. The average Bonchev–Trinajstić information content (AvgIpc) is 2.92. The van der Waals surface area contributed by atoms with E-state index in [0.29, 0.717) is 24.4 Å². The van der Waals surface area contributed by atoms with Crippen molar-refractivity contribution >= 4 is 23.1 Å². The second-order valence-electron chi connectivity index (χ2n) is 5.66. The van der Waals surface area contributed by atoms with Crippen LogP contribution in [0.15, 0.2) is 17.5 Å². The van der Waals surface area contributed by atoms with Gasteiger partial charge in [0, 0.05) is 35.5 Å². The van der Waals surface area contributed by atoms with Gasteiger partial charge in [-0.1, -0.05) is 19.9 Å². The lowest BCUT2D eigenvalue weighted by Gasteiger charge is -2.35. The smallest absolute Gasteiger partial charge is 0.0900 e. The Bertz CT molecular complexity index is 370. The highest BCUT2D eigenvalue weighted by Crippen LogP contribution is 2.24. The predicted molar refractivity (Wildman–Crippen MR) is 87.5 cm³/mol. The Morgan fingerprint density at radius 2 is 2.35 bits per heavy atom. The fraction of sp³-hybridized carbons (Fsp3) is 0.733. The van der Waals surface area contributed by atoms with Crippen LogP contribution in [0, 0.1) is 5.92 Å². The van der Waals surface area contributed by atoms with Crippen LogP contribution in [-0.4, -0.2) is 53.4 Å². The first-order chi connectivity index (χ1) is 9.65. The third kappa shape index (κ3) is 5.37. The van der Waals surface area contributed by atoms with Gasteiger partial charge in [0.1, 0.15) is 0 Å². The van der Waals surface area contributed by atoms with E-state index in [4.69, 9.17) is 4.74 Å². The van der Waals surface area contributed by atoms with E-state index in [2.05, 4.69) is 36.6 Å². The van der Waals surface area contributed by atoms with Crippen LogP contribution in [0.2, 0.25) is 0 Å². The summed E-state index contributed by atoms with van der Waals surface area (Å²) in [6.45, 7) is 8.49. The van der Waals surface area contributed by atoms with Gasteiger partial charge in [0.25, 0.3) is 0 Å². The third-order valence-electron chi connectivity index (χ3n) is 3.52. The zero-order valence-corrected chi connectivity index (χ0v) is 14.0. The van der Waals surface area contributed by atoms with Gasteiger partial charge in [0.05, 0.1) is 19.3 Å². The van der Waals surface area contributed by atoms with Crippen molar-refractivity contribution in [3.05, 3.63) is 22.4 Å². The van der Waals surface area contributed by atoms with Crippen molar-refractivity contribution in [2.24, 2.45) is 5.92 Å². The van der Waals surface area contributed by atoms with Crippen molar-refractivity contribution in [1.82, 2.24) is 4.90 Å². The van der Waals surface area contributed by atoms with E-state index < -0.39 is 0 Å². The van der Waals surface area contributed by atoms with Gasteiger partial charge in [-0.25, -0.2) is 0 Å². The maximum Gasteiger partial charge on any atom is 0.0900 e. The molecule has 2 unspecified atom stereocenters. The van der Waals surface area contributed by atoms with Gasteiger partial charge in [0.2, 0.25) is 0 Å². The molecular weight excluding hydrogens is 290 g/mol. The van der Waals surface area contributed by atoms with Crippen LogP contribution in [0.4, 0.5) is 0 Å². The fourth-order valence-electron chi connectivity index (χ4n) is 2.34. The molecule has 1 aliphatic rings. The van der Waals surface area contributed by atoms with Crippen molar-refractivity contribution in [1.29, 1.82) is 0 Å². The third-order valence-corrected chi connectivity index (χ3v) is 5.91. The number of β-amino-alcohol motifs (C(OH)–C–C–N with tert-alkyl or cyclic N) is 1. The number of aliphatic hydroxyl groups excluding tert-OH is 1. The predicted octanol–water partition coefficient (Wildman–Crippen LogP) is 2.70. The summed E-state index contributed by atoms with van der Waals surface area (Å²) < 4.78 is 5.58. The molecule has 0 amide bonds.